The molecule has 1 rings (SSSR count). The number of aromatic nitrogens is 1. The van der Waals surface area contributed by atoms with Crippen LogP contribution in [0.2, 0.25) is 0 Å². The van der Waals surface area contributed by atoms with E-state index in [-0.39, 0.29) is 4.75 Å². The molecule has 13 heavy (non-hydrogen) atoms. The number of rotatable bonds is 1. The summed E-state index contributed by atoms with van der Waals surface area (Å²) in [5.41, 5.74) is 1.28. The molecule has 0 radical (unpaired) electrons. The maximum atomic E-state index is 4.22. The van der Waals surface area contributed by atoms with E-state index in [2.05, 4.69) is 48.6 Å². The number of pyridine rings is 1. The van der Waals surface area contributed by atoms with E-state index in [4.69, 9.17) is 0 Å². The summed E-state index contributed by atoms with van der Waals surface area (Å²) in [5.74, 6) is 0. The zero-order valence-corrected chi connectivity index (χ0v) is 10.8. The van der Waals surface area contributed by atoms with Crippen LogP contribution >= 0.6 is 27.7 Å². The third kappa shape index (κ3) is 3.69. The lowest BCUT2D eigenvalue weighted by Crippen LogP contribution is -2.07. The summed E-state index contributed by atoms with van der Waals surface area (Å²) in [6, 6.07) is 2.05. The third-order valence-electron chi connectivity index (χ3n) is 1.45. The summed E-state index contributed by atoms with van der Waals surface area (Å²) in [4.78, 5) is 5.48. The van der Waals surface area contributed by atoms with Crippen LogP contribution in [0.5, 0.6) is 0 Å². The van der Waals surface area contributed by atoms with Crippen LogP contribution in [0.25, 0.3) is 0 Å². The van der Waals surface area contributed by atoms with Gasteiger partial charge in [0.1, 0.15) is 4.60 Å². The van der Waals surface area contributed by atoms with Crippen molar-refractivity contribution in [2.75, 3.05) is 0 Å². The summed E-state index contributed by atoms with van der Waals surface area (Å²) in [7, 11) is 0. The van der Waals surface area contributed by atoms with Gasteiger partial charge in [0, 0.05) is 15.8 Å². The van der Waals surface area contributed by atoms with Crippen molar-refractivity contribution in [1.82, 2.24) is 4.98 Å². The van der Waals surface area contributed by atoms with E-state index >= 15 is 0 Å². The predicted molar refractivity (Wildman–Crippen MR) is 62.3 cm³/mol. The van der Waals surface area contributed by atoms with Gasteiger partial charge in [-0.25, -0.2) is 4.98 Å². The van der Waals surface area contributed by atoms with Crippen LogP contribution in [-0.2, 0) is 0 Å². The number of hydrogen-bond acceptors (Lipinski definition) is 2. The van der Waals surface area contributed by atoms with Gasteiger partial charge in [-0.1, -0.05) is 20.8 Å². The van der Waals surface area contributed by atoms with E-state index in [0.29, 0.717) is 0 Å². The first kappa shape index (κ1) is 11.1. The van der Waals surface area contributed by atoms with Gasteiger partial charge in [0.25, 0.3) is 0 Å². The molecule has 72 valence electrons. The van der Waals surface area contributed by atoms with Crippen molar-refractivity contribution in [2.45, 2.75) is 37.3 Å². The summed E-state index contributed by atoms with van der Waals surface area (Å²) >= 11 is 5.21. The number of hydrogen-bond donors (Lipinski definition) is 0. The lowest BCUT2D eigenvalue weighted by molar-refractivity contribution is 0.801. The maximum Gasteiger partial charge on any atom is 0.106 e. The number of nitrogens with zero attached hydrogens (tertiary/aromatic N) is 1. The van der Waals surface area contributed by atoms with Gasteiger partial charge in [0.15, 0.2) is 0 Å². The Labute approximate surface area is 92.5 Å². The molecule has 3 heteroatoms. The fourth-order valence-corrected chi connectivity index (χ4v) is 2.38. The molecule has 0 aromatic carbocycles. The number of thioether (sulfide) groups is 1. The van der Waals surface area contributed by atoms with Gasteiger partial charge >= 0.3 is 0 Å². The van der Waals surface area contributed by atoms with Crippen molar-refractivity contribution >= 4 is 27.7 Å². The van der Waals surface area contributed by atoms with Gasteiger partial charge in [-0.2, -0.15) is 0 Å². The lowest BCUT2D eigenvalue weighted by Gasteiger charge is -2.18. The minimum Gasteiger partial charge on any atom is -0.248 e. The summed E-state index contributed by atoms with van der Waals surface area (Å²) in [5, 5.41) is 0. The highest BCUT2D eigenvalue weighted by atomic mass is 79.9. The largest absolute Gasteiger partial charge is 0.248 e. The highest BCUT2D eigenvalue weighted by molar-refractivity contribution is 9.10. The first-order valence-electron chi connectivity index (χ1n) is 4.20. The molecule has 0 bridgehead atoms. The Balaban J connectivity index is 2.90. The number of aryl methyl sites for hydroxylation is 1. The molecule has 1 heterocycles. The Bertz CT molecular complexity index is 304. The second-order valence-corrected chi connectivity index (χ2v) is 6.67. The van der Waals surface area contributed by atoms with E-state index in [0.717, 1.165) is 4.60 Å². The van der Waals surface area contributed by atoms with E-state index in [1.54, 1.807) is 0 Å². The summed E-state index contributed by atoms with van der Waals surface area (Å²) in [6.07, 6.45) is 1.93. The first-order valence-corrected chi connectivity index (χ1v) is 5.80. The van der Waals surface area contributed by atoms with Gasteiger partial charge in [0.2, 0.25) is 0 Å². The molecular weight excluding hydrogens is 246 g/mol. The van der Waals surface area contributed by atoms with Crippen molar-refractivity contribution in [3.8, 4) is 0 Å². The fraction of sp³-hybridized carbons (Fsp3) is 0.500. The monoisotopic (exact) mass is 259 g/mol. The highest BCUT2D eigenvalue weighted by Crippen LogP contribution is 2.33. The van der Waals surface area contributed by atoms with Gasteiger partial charge in [0.05, 0.1) is 0 Å². The molecular formula is C10H14BrNS. The van der Waals surface area contributed by atoms with Crippen LogP contribution in [0.3, 0.4) is 0 Å². The standard InChI is InChI=1S/C10H14BrNS/c1-7-5-9(11)12-6-8(7)13-10(2,3)4/h5-6H,1-4H3. The minimum atomic E-state index is 0.250. The molecule has 0 saturated heterocycles. The molecule has 0 aliphatic rings. The Morgan fingerprint density at radius 1 is 1.38 bits per heavy atom. The molecule has 0 amide bonds. The Morgan fingerprint density at radius 2 is 2.00 bits per heavy atom. The fourth-order valence-electron chi connectivity index (χ4n) is 0.946. The first-order chi connectivity index (χ1) is 5.88. The molecule has 0 spiro atoms. The Morgan fingerprint density at radius 3 is 2.46 bits per heavy atom. The SMILES string of the molecule is Cc1cc(Br)ncc1SC(C)(C)C. The zero-order valence-electron chi connectivity index (χ0n) is 8.39. The van der Waals surface area contributed by atoms with E-state index in [1.165, 1.54) is 10.5 Å². The van der Waals surface area contributed by atoms with Crippen molar-refractivity contribution < 1.29 is 0 Å². The molecule has 1 aromatic rings. The van der Waals surface area contributed by atoms with Crippen LogP contribution in [0.1, 0.15) is 26.3 Å². The molecule has 0 aliphatic carbocycles. The average Bonchev–Trinajstić information content (AvgIpc) is 1.93. The second-order valence-electron chi connectivity index (χ2n) is 3.99. The molecule has 1 aromatic heterocycles. The molecule has 0 atom stereocenters. The molecule has 0 unspecified atom stereocenters. The van der Waals surface area contributed by atoms with Crippen LogP contribution in [-0.4, -0.2) is 9.73 Å². The van der Waals surface area contributed by atoms with Gasteiger partial charge in [-0.15, -0.1) is 11.8 Å². The summed E-state index contributed by atoms with van der Waals surface area (Å²) in [6.45, 7) is 8.73. The van der Waals surface area contributed by atoms with E-state index < -0.39 is 0 Å². The van der Waals surface area contributed by atoms with Crippen LogP contribution in [0, 0.1) is 6.92 Å². The normalized spacial score (nSPS) is 11.8. The molecule has 0 saturated carbocycles. The minimum absolute atomic E-state index is 0.250. The van der Waals surface area contributed by atoms with Gasteiger partial charge in [-0.05, 0) is 34.5 Å². The van der Waals surface area contributed by atoms with E-state index in [1.807, 2.05) is 24.0 Å². The predicted octanol–water partition coefficient (Wildman–Crippen LogP) is 4.04. The quantitative estimate of drug-likeness (QED) is 0.558. The molecule has 0 aliphatic heterocycles. The van der Waals surface area contributed by atoms with E-state index in [9.17, 15) is 0 Å². The Hall–Kier alpha value is -0.0200. The van der Waals surface area contributed by atoms with Crippen LogP contribution < -0.4 is 0 Å². The number of halogens is 1. The summed E-state index contributed by atoms with van der Waals surface area (Å²) < 4.78 is 1.16. The lowest BCUT2D eigenvalue weighted by atomic mass is 10.3. The van der Waals surface area contributed by atoms with Crippen molar-refractivity contribution in [3.05, 3.63) is 22.4 Å². The van der Waals surface area contributed by atoms with Gasteiger partial charge in [-0.3, -0.25) is 0 Å². The highest BCUT2D eigenvalue weighted by Gasteiger charge is 2.13. The topological polar surface area (TPSA) is 12.9 Å². The Kier molecular flexibility index (Phi) is 3.41. The van der Waals surface area contributed by atoms with Crippen molar-refractivity contribution in [2.24, 2.45) is 0 Å². The maximum absolute atomic E-state index is 4.22. The van der Waals surface area contributed by atoms with Gasteiger partial charge < -0.3 is 0 Å². The molecule has 0 N–H and O–H groups in total. The second kappa shape index (κ2) is 4.01. The van der Waals surface area contributed by atoms with Crippen LogP contribution in [0.4, 0.5) is 0 Å². The third-order valence-corrected chi connectivity index (χ3v) is 3.14. The molecule has 1 nitrogen and oxygen atoms in total. The van der Waals surface area contributed by atoms with Crippen molar-refractivity contribution in [1.29, 1.82) is 0 Å². The smallest absolute Gasteiger partial charge is 0.106 e. The van der Waals surface area contributed by atoms with Crippen molar-refractivity contribution in [3.63, 3.8) is 0 Å². The molecule has 0 fully saturated rings. The average molecular weight is 260 g/mol. The zero-order chi connectivity index (χ0) is 10.1. The van der Waals surface area contributed by atoms with Crippen LogP contribution in [0.15, 0.2) is 21.8 Å².